The number of amides is 2. The zero-order chi connectivity index (χ0) is 21.3. The third-order valence-corrected chi connectivity index (χ3v) is 4.73. The van der Waals surface area contributed by atoms with Crippen LogP contribution in [0, 0.1) is 6.92 Å². The highest BCUT2D eigenvalue weighted by Gasteiger charge is 2.10. The monoisotopic (exact) mass is 422 g/mol. The average molecular weight is 423 g/mol. The van der Waals surface area contributed by atoms with Crippen molar-refractivity contribution in [2.75, 3.05) is 18.5 Å². The Kier molecular flexibility index (Phi) is 7.46. The van der Waals surface area contributed by atoms with E-state index >= 15 is 0 Å². The first-order valence-corrected chi connectivity index (χ1v) is 9.96. The molecule has 0 fully saturated rings. The molecule has 3 aromatic carbocycles. The predicted molar refractivity (Wildman–Crippen MR) is 119 cm³/mol. The molecule has 0 unspecified atom stereocenters. The van der Waals surface area contributed by atoms with Crippen LogP contribution >= 0.6 is 11.6 Å². The minimum atomic E-state index is -0.380. The quantitative estimate of drug-likeness (QED) is 0.566. The van der Waals surface area contributed by atoms with Crippen LogP contribution in [0.1, 0.15) is 16.7 Å². The molecule has 6 heteroatoms. The molecule has 0 heterocycles. The first-order valence-electron chi connectivity index (χ1n) is 9.58. The third kappa shape index (κ3) is 6.36. The van der Waals surface area contributed by atoms with E-state index < -0.39 is 0 Å². The van der Waals surface area contributed by atoms with Crippen LogP contribution < -0.4 is 15.4 Å². The number of nitrogens with one attached hydrogen (secondary N) is 2. The largest absolute Gasteiger partial charge is 0.483 e. The molecule has 0 aliphatic carbocycles. The standard InChI is InChI=1S/C24H23ClN2O3/c1-17-11-12-21(20(25)13-17)27-23(28)15-26-24(29)16-30-22-10-6-5-9-19(22)14-18-7-3-2-4-8-18/h2-13H,14-16H2,1H3,(H,26,29)(H,27,28). The van der Waals surface area contributed by atoms with Gasteiger partial charge in [0, 0.05) is 6.42 Å². The highest BCUT2D eigenvalue weighted by atomic mass is 35.5. The van der Waals surface area contributed by atoms with Crippen molar-refractivity contribution in [2.45, 2.75) is 13.3 Å². The number of carbonyl (C=O) groups is 2. The number of rotatable bonds is 8. The highest BCUT2D eigenvalue weighted by Crippen LogP contribution is 2.23. The molecule has 0 atom stereocenters. The van der Waals surface area contributed by atoms with Gasteiger partial charge in [0.15, 0.2) is 6.61 Å². The van der Waals surface area contributed by atoms with Gasteiger partial charge in [0.2, 0.25) is 5.91 Å². The fourth-order valence-electron chi connectivity index (χ4n) is 2.90. The summed E-state index contributed by atoms with van der Waals surface area (Å²) < 4.78 is 5.69. The number of aryl methyl sites for hydroxylation is 1. The molecule has 5 nitrogen and oxygen atoms in total. The van der Waals surface area contributed by atoms with Crippen LogP contribution in [0.25, 0.3) is 0 Å². The number of halogens is 1. The number of hydrogen-bond donors (Lipinski definition) is 2. The van der Waals surface area contributed by atoms with E-state index in [1.54, 1.807) is 12.1 Å². The van der Waals surface area contributed by atoms with Crippen LogP contribution in [0.3, 0.4) is 0 Å². The lowest BCUT2D eigenvalue weighted by Crippen LogP contribution is -2.35. The summed E-state index contributed by atoms with van der Waals surface area (Å²) in [6, 6.07) is 23.0. The molecule has 0 bridgehead atoms. The van der Waals surface area contributed by atoms with Crippen LogP contribution in [-0.2, 0) is 16.0 Å². The molecule has 30 heavy (non-hydrogen) atoms. The second-order valence-electron chi connectivity index (χ2n) is 6.87. The van der Waals surface area contributed by atoms with Gasteiger partial charge >= 0.3 is 0 Å². The van der Waals surface area contributed by atoms with Crippen molar-refractivity contribution in [1.29, 1.82) is 0 Å². The van der Waals surface area contributed by atoms with E-state index in [0.717, 1.165) is 16.7 Å². The van der Waals surface area contributed by atoms with Crippen molar-refractivity contribution in [1.82, 2.24) is 5.32 Å². The molecule has 2 N–H and O–H groups in total. The van der Waals surface area contributed by atoms with Gasteiger partial charge in [-0.3, -0.25) is 9.59 Å². The second kappa shape index (κ2) is 10.5. The number of anilines is 1. The van der Waals surface area contributed by atoms with Crippen LogP contribution in [-0.4, -0.2) is 25.0 Å². The Labute approximate surface area is 181 Å². The second-order valence-corrected chi connectivity index (χ2v) is 7.27. The Morgan fingerprint density at radius 1 is 0.933 bits per heavy atom. The Morgan fingerprint density at radius 3 is 2.43 bits per heavy atom. The molecule has 0 radical (unpaired) electrons. The van der Waals surface area contributed by atoms with Crippen molar-refractivity contribution in [2.24, 2.45) is 0 Å². The van der Waals surface area contributed by atoms with E-state index in [1.807, 2.05) is 67.6 Å². The molecule has 0 aliphatic heterocycles. The Morgan fingerprint density at radius 2 is 1.67 bits per heavy atom. The van der Waals surface area contributed by atoms with Gasteiger partial charge in [-0.05, 0) is 41.8 Å². The van der Waals surface area contributed by atoms with Crippen LogP contribution in [0.5, 0.6) is 5.75 Å². The van der Waals surface area contributed by atoms with Gasteiger partial charge in [0.25, 0.3) is 5.91 Å². The van der Waals surface area contributed by atoms with Gasteiger partial charge in [-0.2, -0.15) is 0 Å². The summed E-state index contributed by atoms with van der Waals surface area (Å²) in [5, 5.41) is 5.68. The van der Waals surface area contributed by atoms with Crippen molar-refractivity contribution in [3.63, 3.8) is 0 Å². The van der Waals surface area contributed by atoms with Crippen molar-refractivity contribution < 1.29 is 14.3 Å². The summed E-state index contributed by atoms with van der Waals surface area (Å²) in [6.45, 7) is 1.57. The van der Waals surface area contributed by atoms with Crippen molar-refractivity contribution in [3.05, 3.63) is 94.5 Å². The molecular weight excluding hydrogens is 400 g/mol. The molecule has 3 rings (SSSR count). The SMILES string of the molecule is Cc1ccc(NC(=O)CNC(=O)COc2ccccc2Cc2ccccc2)c(Cl)c1. The number of ether oxygens (including phenoxy) is 1. The summed E-state index contributed by atoms with van der Waals surface area (Å²) in [4.78, 5) is 24.2. The Balaban J connectivity index is 1.48. The lowest BCUT2D eigenvalue weighted by Gasteiger charge is -2.12. The summed E-state index contributed by atoms with van der Waals surface area (Å²) in [5.74, 6) is -0.0966. The van der Waals surface area contributed by atoms with Crippen LogP contribution in [0.4, 0.5) is 5.69 Å². The summed E-state index contributed by atoms with van der Waals surface area (Å²) in [5.41, 5.74) is 3.65. The van der Waals surface area contributed by atoms with Gasteiger partial charge in [-0.25, -0.2) is 0 Å². The van der Waals surface area contributed by atoms with E-state index in [1.165, 1.54) is 0 Å². The molecular formula is C24H23ClN2O3. The van der Waals surface area contributed by atoms with E-state index in [-0.39, 0.29) is 25.0 Å². The summed E-state index contributed by atoms with van der Waals surface area (Å²) in [6.07, 6.45) is 0.707. The Hall–Kier alpha value is -3.31. The molecule has 0 saturated heterocycles. The lowest BCUT2D eigenvalue weighted by molar-refractivity contribution is -0.125. The molecule has 3 aromatic rings. The smallest absolute Gasteiger partial charge is 0.258 e. The maximum atomic E-state index is 12.1. The maximum absolute atomic E-state index is 12.1. The van der Waals surface area contributed by atoms with Gasteiger partial charge in [-0.1, -0.05) is 66.2 Å². The first-order chi connectivity index (χ1) is 14.5. The summed E-state index contributed by atoms with van der Waals surface area (Å²) in [7, 11) is 0. The molecule has 0 aliphatic rings. The minimum absolute atomic E-state index is 0.169. The minimum Gasteiger partial charge on any atom is -0.483 e. The van der Waals surface area contributed by atoms with E-state index in [4.69, 9.17) is 16.3 Å². The van der Waals surface area contributed by atoms with E-state index in [2.05, 4.69) is 10.6 Å². The zero-order valence-corrected chi connectivity index (χ0v) is 17.4. The van der Waals surface area contributed by atoms with E-state index in [0.29, 0.717) is 22.9 Å². The molecule has 0 spiro atoms. The predicted octanol–water partition coefficient (Wildman–Crippen LogP) is 4.37. The van der Waals surface area contributed by atoms with Gasteiger partial charge in [-0.15, -0.1) is 0 Å². The molecule has 0 saturated carbocycles. The van der Waals surface area contributed by atoms with Crippen molar-refractivity contribution in [3.8, 4) is 5.75 Å². The third-order valence-electron chi connectivity index (χ3n) is 4.41. The lowest BCUT2D eigenvalue weighted by atomic mass is 10.0. The molecule has 2 amide bonds. The molecule has 0 aromatic heterocycles. The Bertz CT molecular complexity index is 1020. The fraction of sp³-hybridized carbons (Fsp3) is 0.167. The van der Waals surface area contributed by atoms with Crippen LogP contribution in [0.15, 0.2) is 72.8 Å². The number of carbonyl (C=O) groups excluding carboxylic acids is 2. The van der Waals surface area contributed by atoms with Gasteiger partial charge < -0.3 is 15.4 Å². The van der Waals surface area contributed by atoms with Crippen molar-refractivity contribution >= 4 is 29.1 Å². The van der Waals surface area contributed by atoms with Gasteiger partial charge in [0.1, 0.15) is 5.75 Å². The summed E-state index contributed by atoms with van der Waals surface area (Å²) >= 11 is 6.10. The zero-order valence-electron chi connectivity index (χ0n) is 16.7. The maximum Gasteiger partial charge on any atom is 0.258 e. The van der Waals surface area contributed by atoms with Crippen LogP contribution in [0.2, 0.25) is 5.02 Å². The fourth-order valence-corrected chi connectivity index (χ4v) is 3.18. The van der Waals surface area contributed by atoms with Gasteiger partial charge in [0.05, 0.1) is 17.3 Å². The average Bonchev–Trinajstić information content (AvgIpc) is 2.74. The highest BCUT2D eigenvalue weighted by molar-refractivity contribution is 6.33. The topological polar surface area (TPSA) is 67.4 Å². The first kappa shape index (κ1) is 21.4. The number of benzene rings is 3. The molecule has 154 valence electrons. The number of hydrogen-bond acceptors (Lipinski definition) is 3. The normalized spacial score (nSPS) is 10.3. The van der Waals surface area contributed by atoms with E-state index in [9.17, 15) is 9.59 Å². The number of para-hydroxylation sites is 1.